The third kappa shape index (κ3) is 7.77. The summed E-state index contributed by atoms with van der Waals surface area (Å²) in [5, 5.41) is 4.33. The standard InChI is InChI=1S/C33H45N5O3Si/c1-24-20-37(18-17-27(22-41-42(5,6)33(2,3)4)38-21-29(32(34)40)35-23-38)30-19-26(15-16-28(24)30)36-31(39)14-10-13-25-11-8-7-9-12-25/h7-9,11-12,15-16,19-21,23,27H,10,13-14,17-18,22H2,1-6H3,(H2,34,40)(H,36,39)/t27-/m1/s1. The first-order chi connectivity index (χ1) is 19.8. The van der Waals surface area contributed by atoms with E-state index < -0.39 is 14.2 Å². The number of benzene rings is 2. The molecule has 2 heterocycles. The molecule has 9 heteroatoms. The first-order valence-electron chi connectivity index (χ1n) is 14.7. The molecule has 2 aromatic heterocycles. The van der Waals surface area contributed by atoms with E-state index in [2.05, 4.69) is 86.1 Å². The minimum Gasteiger partial charge on any atom is -0.415 e. The summed E-state index contributed by atoms with van der Waals surface area (Å²) >= 11 is 0. The van der Waals surface area contributed by atoms with Crippen molar-refractivity contribution in [2.75, 3.05) is 11.9 Å². The number of aryl methyl sites for hydroxylation is 3. The van der Waals surface area contributed by atoms with E-state index >= 15 is 0 Å². The zero-order valence-electron chi connectivity index (χ0n) is 25.8. The Kier molecular flexibility index (Phi) is 9.73. The molecule has 0 aliphatic carbocycles. The molecule has 0 aliphatic rings. The normalized spacial score (nSPS) is 12.9. The predicted molar refractivity (Wildman–Crippen MR) is 172 cm³/mol. The van der Waals surface area contributed by atoms with Gasteiger partial charge in [-0.15, -0.1) is 0 Å². The molecule has 2 aromatic carbocycles. The lowest BCUT2D eigenvalue weighted by molar-refractivity contribution is -0.116. The molecule has 0 radical (unpaired) electrons. The molecular weight excluding hydrogens is 542 g/mol. The van der Waals surface area contributed by atoms with E-state index in [4.69, 9.17) is 10.2 Å². The molecule has 1 atom stereocenters. The molecule has 224 valence electrons. The van der Waals surface area contributed by atoms with Crippen LogP contribution in [-0.2, 0) is 22.2 Å². The number of hydrogen-bond acceptors (Lipinski definition) is 4. The van der Waals surface area contributed by atoms with Gasteiger partial charge in [0.05, 0.1) is 24.5 Å². The summed E-state index contributed by atoms with van der Waals surface area (Å²) in [5.74, 6) is -0.521. The molecule has 3 N–H and O–H groups in total. The second kappa shape index (κ2) is 13.1. The summed E-state index contributed by atoms with van der Waals surface area (Å²) in [7, 11) is -1.99. The van der Waals surface area contributed by atoms with E-state index in [-0.39, 0.29) is 22.7 Å². The number of aromatic nitrogens is 3. The van der Waals surface area contributed by atoms with Crippen molar-refractivity contribution >= 4 is 36.7 Å². The maximum atomic E-state index is 12.7. The van der Waals surface area contributed by atoms with Crippen molar-refractivity contribution in [1.29, 1.82) is 0 Å². The first kappa shape index (κ1) is 31.2. The Labute approximate surface area is 250 Å². The number of fused-ring (bicyclic) bond motifs is 1. The van der Waals surface area contributed by atoms with Crippen molar-refractivity contribution in [2.24, 2.45) is 5.73 Å². The van der Waals surface area contributed by atoms with Crippen LogP contribution in [0.1, 0.15) is 67.7 Å². The zero-order chi connectivity index (χ0) is 30.5. The average Bonchev–Trinajstić information content (AvgIpc) is 3.54. The zero-order valence-corrected chi connectivity index (χ0v) is 26.8. The molecule has 0 aliphatic heterocycles. The fourth-order valence-electron chi connectivity index (χ4n) is 4.85. The molecule has 4 aromatic rings. The van der Waals surface area contributed by atoms with Crippen molar-refractivity contribution in [3.8, 4) is 0 Å². The number of rotatable bonds is 13. The van der Waals surface area contributed by atoms with Gasteiger partial charge in [0.25, 0.3) is 5.91 Å². The molecule has 0 unspecified atom stereocenters. The van der Waals surface area contributed by atoms with Crippen LogP contribution in [0.15, 0.2) is 67.3 Å². The molecular formula is C33H45N5O3Si. The molecule has 0 spiro atoms. The van der Waals surface area contributed by atoms with E-state index in [1.807, 2.05) is 28.8 Å². The number of imidazole rings is 1. The van der Waals surface area contributed by atoms with Gasteiger partial charge in [0.15, 0.2) is 8.32 Å². The summed E-state index contributed by atoms with van der Waals surface area (Å²) in [6, 6.07) is 16.3. The molecule has 0 saturated carbocycles. The van der Waals surface area contributed by atoms with Crippen molar-refractivity contribution in [1.82, 2.24) is 14.1 Å². The van der Waals surface area contributed by atoms with Crippen LogP contribution in [-0.4, -0.2) is 40.9 Å². The van der Waals surface area contributed by atoms with Gasteiger partial charge in [0.1, 0.15) is 5.69 Å². The van der Waals surface area contributed by atoms with Gasteiger partial charge >= 0.3 is 0 Å². The van der Waals surface area contributed by atoms with Crippen LogP contribution in [0.3, 0.4) is 0 Å². The number of hydrogen-bond donors (Lipinski definition) is 2. The Bertz CT molecular complexity index is 1520. The van der Waals surface area contributed by atoms with Gasteiger partial charge in [-0.3, -0.25) is 9.59 Å². The van der Waals surface area contributed by atoms with Crippen LogP contribution in [0.4, 0.5) is 5.69 Å². The van der Waals surface area contributed by atoms with Gasteiger partial charge in [-0.1, -0.05) is 57.2 Å². The van der Waals surface area contributed by atoms with Crippen LogP contribution in [0.5, 0.6) is 0 Å². The minimum absolute atomic E-state index is 0.0216. The lowest BCUT2D eigenvalue weighted by Crippen LogP contribution is -2.42. The molecule has 4 rings (SSSR count). The lowest BCUT2D eigenvalue weighted by Gasteiger charge is -2.37. The summed E-state index contributed by atoms with van der Waals surface area (Å²) in [6.45, 7) is 14.5. The lowest BCUT2D eigenvalue weighted by atomic mass is 10.1. The molecule has 0 saturated heterocycles. The Hall–Kier alpha value is -3.69. The monoisotopic (exact) mass is 587 g/mol. The van der Waals surface area contributed by atoms with Crippen molar-refractivity contribution in [3.63, 3.8) is 0 Å². The third-order valence-corrected chi connectivity index (χ3v) is 13.0. The number of nitrogens with two attached hydrogens (primary N) is 1. The highest BCUT2D eigenvalue weighted by atomic mass is 28.4. The number of carbonyl (C=O) groups excluding carboxylic acids is 2. The number of nitrogens with one attached hydrogen (secondary N) is 1. The summed E-state index contributed by atoms with van der Waals surface area (Å²) < 4.78 is 10.8. The Morgan fingerprint density at radius 3 is 2.50 bits per heavy atom. The molecule has 42 heavy (non-hydrogen) atoms. The maximum absolute atomic E-state index is 12.7. The predicted octanol–water partition coefficient (Wildman–Crippen LogP) is 6.86. The highest BCUT2D eigenvalue weighted by molar-refractivity contribution is 6.74. The van der Waals surface area contributed by atoms with Gasteiger partial charge < -0.3 is 24.6 Å². The molecule has 0 fully saturated rings. The summed E-state index contributed by atoms with van der Waals surface area (Å²) in [6.07, 6.45) is 8.47. The topological polar surface area (TPSA) is 104 Å². The number of amides is 2. The fourth-order valence-corrected chi connectivity index (χ4v) is 5.89. The Balaban J connectivity index is 1.47. The SMILES string of the molecule is Cc1cn(CC[C@H](CO[Si](C)(C)C(C)(C)C)n2cnc(C(N)=O)c2)c2cc(NC(=O)CCCc3ccccc3)ccc12. The number of carbonyl (C=O) groups is 2. The van der Waals surface area contributed by atoms with Gasteiger partial charge in [-0.25, -0.2) is 4.98 Å². The number of anilines is 1. The van der Waals surface area contributed by atoms with Gasteiger partial charge in [0.2, 0.25) is 5.91 Å². The fraction of sp³-hybridized carbons (Fsp3) is 0.424. The van der Waals surface area contributed by atoms with Crippen molar-refractivity contribution < 1.29 is 14.0 Å². The van der Waals surface area contributed by atoms with Crippen LogP contribution >= 0.6 is 0 Å². The second-order valence-electron chi connectivity index (χ2n) is 12.7. The van der Waals surface area contributed by atoms with E-state index in [9.17, 15) is 9.59 Å². The van der Waals surface area contributed by atoms with Crippen LogP contribution in [0.25, 0.3) is 10.9 Å². The van der Waals surface area contributed by atoms with E-state index in [0.29, 0.717) is 13.0 Å². The highest BCUT2D eigenvalue weighted by Crippen LogP contribution is 2.37. The van der Waals surface area contributed by atoms with E-state index in [1.165, 1.54) is 11.1 Å². The molecule has 8 nitrogen and oxygen atoms in total. The molecule has 2 amide bonds. The van der Waals surface area contributed by atoms with Gasteiger partial charge in [-0.05, 0) is 67.6 Å². The quantitative estimate of drug-likeness (QED) is 0.167. The first-order valence-corrected chi connectivity index (χ1v) is 17.7. The van der Waals surface area contributed by atoms with E-state index in [0.717, 1.165) is 42.4 Å². The Morgan fingerprint density at radius 2 is 1.83 bits per heavy atom. The number of nitrogens with zero attached hydrogens (tertiary/aromatic N) is 3. The minimum atomic E-state index is -1.99. The summed E-state index contributed by atoms with van der Waals surface area (Å²) in [4.78, 5) is 28.7. The average molecular weight is 588 g/mol. The van der Waals surface area contributed by atoms with E-state index in [1.54, 1.807) is 12.5 Å². The van der Waals surface area contributed by atoms with Crippen LogP contribution in [0, 0.1) is 6.92 Å². The van der Waals surface area contributed by atoms with Crippen molar-refractivity contribution in [3.05, 3.63) is 84.1 Å². The van der Waals surface area contributed by atoms with Gasteiger partial charge in [0, 0.05) is 36.4 Å². The highest BCUT2D eigenvalue weighted by Gasteiger charge is 2.37. The van der Waals surface area contributed by atoms with Crippen molar-refractivity contribution in [2.45, 2.75) is 84.1 Å². The second-order valence-corrected chi connectivity index (χ2v) is 17.5. The van der Waals surface area contributed by atoms with Gasteiger partial charge in [-0.2, -0.15) is 0 Å². The van der Waals surface area contributed by atoms with Crippen LogP contribution in [0.2, 0.25) is 18.1 Å². The molecule has 0 bridgehead atoms. The smallest absolute Gasteiger partial charge is 0.268 e. The number of primary amides is 1. The summed E-state index contributed by atoms with van der Waals surface area (Å²) in [5.41, 5.74) is 10.0. The third-order valence-electron chi connectivity index (χ3n) is 8.50. The maximum Gasteiger partial charge on any atom is 0.268 e. The largest absolute Gasteiger partial charge is 0.415 e. The van der Waals surface area contributed by atoms with Crippen LogP contribution < -0.4 is 11.1 Å². The Morgan fingerprint density at radius 1 is 1.10 bits per heavy atom.